The predicted molar refractivity (Wildman–Crippen MR) is 583 cm³/mol. The lowest BCUT2D eigenvalue weighted by Crippen LogP contribution is -2.31. The van der Waals surface area contributed by atoms with Crippen LogP contribution in [0.1, 0.15) is 101 Å². The first-order chi connectivity index (χ1) is 70.2. The molecule has 77 heteroatoms. The summed E-state index contributed by atoms with van der Waals surface area (Å²) in [5.41, 5.74) is 13.7. The summed E-state index contributed by atoms with van der Waals surface area (Å²) < 4.78 is 149. The molecule has 0 amide bonds. The topological polar surface area (TPSA) is 731 Å². The van der Waals surface area contributed by atoms with E-state index in [9.17, 15) is 48.6 Å². The number of ether oxygens (including phenoxy) is 8. The number of aliphatic hydroxyl groups is 2. The van der Waals surface area contributed by atoms with E-state index in [2.05, 4.69) is 64.4 Å². The maximum Gasteiger partial charge on any atom is 0.351 e. The predicted octanol–water partition coefficient (Wildman–Crippen LogP) is 3.25. The average Bonchev–Trinajstić information content (AvgIpc) is 1.66. The smallest absolute Gasteiger partial charge is 0.351 e. The lowest BCUT2D eigenvalue weighted by Gasteiger charge is -2.29. The van der Waals surface area contributed by atoms with Gasteiger partial charge in [-0.2, -0.15) is 39.9 Å². The van der Waals surface area contributed by atoms with E-state index in [1.54, 1.807) is 0 Å². The standard InChI is InChI=1S/C72H97N24O32P7S14/c73-49-1-9-89(65(99)81-49)57-17-33(98)42(115-57)26-107-129(136,137)123-35-19-59(91-11-3-51(75)83-67(91)101)117-44(35)28-109-131(140,141)125-37-21-61(93-13-5-53(77)85-69(93)103)119-46(37)30-111-133(144,145)127-39-23-63(95-15-7-55(79)87-71(95)105)121-48(39)32-113-135(148,149)128-40-24-64(96-16-8-56(80)88-72(96)106)120-47(40)31-112-134(146,147)126-38-22-62(94-14-6-54(78)86-70(94)104)118-45(38)29-110-132(142,143)124-36-20-60(92-12-4-52(76)84-68(92)102)116-43(36)27-108-130(138,139)122-34-18-58(114-41(34)25-97)90-10-2-50(74)82-66(90)100/h1-16,33-48,57-64,97-98H,17-32H2,(H,136,137)(H,138,139)(H,140,141)(H,142,143)(H,144,145)(H,146,147)(H,148,149)(H2,73,81,99)(H2,74,82,100)(H2,75,83,101)(H2,76,84,102)(H2,77,85,103)(H2,78,86,104)(H2,79,87,105)(H2,80,88,106). The fourth-order valence-electron chi connectivity index (χ4n) is 16.7. The Kier molecular flexibility index (Phi) is 38.6. The summed E-state index contributed by atoms with van der Waals surface area (Å²) in [6.07, 6.45) is -16.9. The molecule has 0 spiro atoms. The summed E-state index contributed by atoms with van der Waals surface area (Å²) in [5.74, 6) is -0.599. The fraction of sp³-hybridized carbons (Fsp3) is 0.556. The molecule has 816 valence electrons. The molecular formula is C72H97N24O32P7S14. The van der Waals surface area contributed by atoms with E-state index in [1.807, 2.05) is 0 Å². The van der Waals surface area contributed by atoms with Crippen LogP contribution in [0.5, 0.6) is 0 Å². The minimum absolute atomic E-state index is 0.00169. The van der Waals surface area contributed by atoms with Gasteiger partial charge in [0.2, 0.25) is 39.9 Å². The van der Waals surface area contributed by atoms with Gasteiger partial charge in [0.1, 0.15) is 145 Å². The third kappa shape index (κ3) is 30.6. The van der Waals surface area contributed by atoms with Gasteiger partial charge in [-0.15, -0.1) is 0 Å². The normalized spacial score (nSPS) is 30.9. The monoisotopic (exact) mass is 2470 g/mol. The molecule has 8 aliphatic rings. The number of aliphatic hydroxyl groups excluding tert-OH is 2. The molecule has 8 saturated heterocycles. The van der Waals surface area contributed by atoms with Gasteiger partial charge in [0.05, 0.1) is 102 Å². The number of nitrogens with two attached hydrogens (primary N) is 8. The maximum absolute atomic E-state index is 13.6. The van der Waals surface area contributed by atoms with Crippen LogP contribution in [0.2, 0.25) is 0 Å². The van der Waals surface area contributed by atoms with Gasteiger partial charge in [0, 0.05) is 101 Å². The Morgan fingerprint density at radius 1 is 0.255 bits per heavy atom. The van der Waals surface area contributed by atoms with Crippen LogP contribution in [0.15, 0.2) is 136 Å². The first-order valence-electron chi connectivity index (χ1n) is 44.1. The first kappa shape index (κ1) is 117. The number of nitrogens with zero attached hydrogens (tertiary/aromatic N) is 16. The number of aromatic nitrogens is 16. The summed E-state index contributed by atoms with van der Waals surface area (Å²) >= 11 is 74.6. The molecule has 8 aromatic rings. The average molecular weight is 2480 g/mol. The van der Waals surface area contributed by atoms with Crippen LogP contribution in [0.25, 0.3) is 0 Å². The van der Waals surface area contributed by atoms with Crippen molar-refractivity contribution in [3.63, 3.8) is 0 Å². The van der Waals surface area contributed by atoms with Gasteiger partial charge in [0.25, 0.3) is 0 Å². The molecule has 0 saturated carbocycles. The highest BCUT2D eigenvalue weighted by Gasteiger charge is 2.52. The SMILES string of the molecule is Nc1ccn(C2CC(O)C(COP(=S)(S)OC3CC(n4ccc(N)nc4=O)OC3COP(=S)(S)OC3CC(n4ccc(N)nc4=O)OC3COP(=S)(S)OC3CC(n4ccc(N)nc4=O)OC3COP(=S)(S)OC3CC(n4ccc(N)nc4=O)OC3COP(=S)(S)OC3CC(n4ccc(N)nc4=O)OC3COP(=S)(S)OC3CC(n4ccc(N)nc4=O)OC3COP(=S)(S)OC3CC(n4ccc(N)nc4=O)OC3CO)O2)c(=O)n1. The van der Waals surface area contributed by atoms with E-state index >= 15 is 0 Å². The molecule has 0 aliphatic carbocycles. The zero-order chi connectivity index (χ0) is 107. The largest absolute Gasteiger partial charge is 0.394 e. The molecule has 0 aromatic carbocycles. The van der Waals surface area contributed by atoms with Crippen LogP contribution in [-0.4, -0.2) is 237 Å². The van der Waals surface area contributed by atoms with E-state index in [-0.39, 0.29) is 105 Å². The highest BCUT2D eigenvalue weighted by molar-refractivity contribution is 8.62. The van der Waals surface area contributed by atoms with Crippen molar-refractivity contribution in [1.29, 1.82) is 0 Å². The number of rotatable bonds is 44. The minimum atomic E-state index is -3.95. The Labute approximate surface area is 914 Å². The molecule has 56 nitrogen and oxygen atoms in total. The molecule has 8 fully saturated rings. The van der Waals surface area contributed by atoms with Crippen LogP contribution in [0, 0.1) is 0 Å². The summed E-state index contributed by atoms with van der Waals surface area (Å²) in [5, 5.41) is 21.4. The Bertz CT molecular complexity index is 7050. The quantitative estimate of drug-likeness (QED) is 0.0192. The van der Waals surface area contributed by atoms with Crippen LogP contribution in [0.4, 0.5) is 46.5 Å². The second-order valence-corrected chi connectivity index (χ2v) is 70.5. The first-order valence-corrected chi connectivity index (χ1v) is 70.7. The summed E-state index contributed by atoms with van der Waals surface area (Å²) in [6.45, 7) is -3.81. The summed E-state index contributed by atoms with van der Waals surface area (Å²) in [4.78, 5) is 137. The molecule has 31 unspecified atom stereocenters. The molecular weight excluding hydrogens is 2380 g/mol. The molecule has 149 heavy (non-hydrogen) atoms. The van der Waals surface area contributed by atoms with Crippen molar-refractivity contribution in [2.75, 3.05) is 98.7 Å². The van der Waals surface area contributed by atoms with E-state index < -0.39 is 279 Å². The summed E-state index contributed by atoms with van der Waals surface area (Å²) in [6, 6.07) is 11.0. The van der Waals surface area contributed by atoms with Crippen molar-refractivity contribution in [1.82, 2.24) is 76.4 Å². The van der Waals surface area contributed by atoms with Crippen LogP contribution in [0.3, 0.4) is 0 Å². The van der Waals surface area contributed by atoms with Crippen molar-refractivity contribution in [3.05, 3.63) is 182 Å². The van der Waals surface area contributed by atoms with Crippen LogP contribution < -0.4 is 91.4 Å². The number of thiol groups is 7. The van der Waals surface area contributed by atoms with Gasteiger partial charge < -0.3 is 157 Å². The van der Waals surface area contributed by atoms with E-state index in [4.69, 9.17) is 291 Å². The third-order valence-corrected chi connectivity index (χ3v) is 39.1. The molecule has 31 atom stereocenters. The molecule has 16 rings (SSSR count). The van der Waals surface area contributed by atoms with Gasteiger partial charge in [-0.1, -0.05) is 85.7 Å². The molecule has 0 bridgehead atoms. The van der Waals surface area contributed by atoms with Crippen molar-refractivity contribution in [2.24, 2.45) is 0 Å². The van der Waals surface area contributed by atoms with Crippen molar-refractivity contribution < 1.29 is 111 Å². The lowest BCUT2D eigenvalue weighted by atomic mass is 10.2. The van der Waals surface area contributed by atoms with Crippen LogP contribution in [-0.2, 0) is 184 Å². The van der Waals surface area contributed by atoms with Gasteiger partial charge in [-0.25, -0.2) is 38.4 Å². The Morgan fingerprint density at radius 3 is 0.544 bits per heavy atom. The minimum Gasteiger partial charge on any atom is -0.394 e. The van der Waals surface area contributed by atoms with Gasteiger partial charge in [-0.05, 0) is 131 Å². The zero-order valence-corrected chi connectivity index (χ0v) is 94.7. The highest BCUT2D eigenvalue weighted by atomic mass is 32.9. The lowest BCUT2D eigenvalue weighted by molar-refractivity contribution is -0.0503. The summed E-state index contributed by atoms with van der Waals surface area (Å²) in [7, 11) is 0. The second kappa shape index (κ2) is 49.1. The van der Waals surface area contributed by atoms with Gasteiger partial charge in [-0.3, -0.25) is 36.5 Å². The molecule has 8 aliphatic heterocycles. The van der Waals surface area contributed by atoms with Crippen molar-refractivity contribution >= 4 is 255 Å². The fourth-order valence-corrected chi connectivity index (χ4v) is 31.0. The number of anilines is 8. The maximum atomic E-state index is 13.6. The van der Waals surface area contributed by atoms with Crippen molar-refractivity contribution in [3.8, 4) is 0 Å². The Hall–Kier alpha value is -4.52. The highest BCUT2D eigenvalue weighted by Crippen LogP contribution is 2.65. The zero-order valence-electron chi connectivity index (χ0n) is 76.4. The molecule has 18 N–H and O–H groups in total. The number of nitrogen functional groups attached to an aromatic ring is 8. The van der Waals surface area contributed by atoms with Crippen LogP contribution >= 0.6 is 126 Å². The Balaban J connectivity index is 0.581. The number of hydrogen-bond acceptors (Lipinski definition) is 55. The number of hydrogen-bond donors (Lipinski definition) is 17. The Morgan fingerprint density at radius 2 is 0.389 bits per heavy atom. The molecule has 0 radical (unpaired) electrons. The van der Waals surface area contributed by atoms with Gasteiger partial charge in [0.15, 0.2) is 0 Å². The third-order valence-electron chi connectivity index (χ3n) is 23.6. The van der Waals surface area contributed by atoms with E-state index in [0.29, 0.717) is 0 Å². The molecule has 16 heterocycles. The van der Waals surface area contributed by atoms with Crippen molar-refractivity contribution in [2.45, 2.75) is 199 Å². The van der Waals surface area contributed by atoms with E-state index in [0.717, 1.165) is 32.0 Å². The van der Waals surface area contributed by atoms with Gasteiger partial charge >= 0.3 is 45.5 Å². The van der Waals surface area contributed by atoms with E-state index in [1.165, 1.54) is 103 Å². The molecule has 8 aromatic heterocycles. The second-order valence-electron chi connectivity index (χ2n) is 33.9.